The third-order valence-corrected chi connectivity index (χ3v) is 7.17. The first kappa shape index (κ1) is 31.7. The van der Waals surface area contributed by atoms with Gasteiger partial charge in [-0.3, -0.25) is 0 Å². The van der Waals surface area contributed by atoms with Crippen molar-refractivity contribution < 1.29 is 49.0 Å². The molecule has 0 aliphatic rings. The highest BCUT2D eigenvalue weighted by Gasteiger charge is 2.32. The van der Waals surface area contributed by atoms with E-state index in [1.165, 1.54) is 25.4 Å². The average Bonchev–Trinajstić information content (AvgIpc) is 3.22. The highest BCUT2D eigenvalue weighted by Crippen LogP contribution is 2.36. The Bertz CT molecular complexity index is 1640. The van der Waals surface area contributed by atoms with E-state index < -0.39 is 39.1 Å². The van der Waals surface area contributed by atoms with Gasteiger partial charge in [-0.15, -0.1) is 38.7 Å². The summed E-state index contributed by atoms with van der Waals surface area (Å²) < 4.78 is 117. The number of methoxy groups -OCH3 is 1. The topological polar surface area (TPSA) is 90.8 Å². The summed E-state index contributed by atoms with van der Waals surface area (Å²) >= 11 is 0. The fraction of sp³-hybridized carbons (Fsp3) is 0.200. The van der Waals surface area contributed by atoms with Gasteiger partial charge in [0.05, 0.1) is 23.2 Å². The van der Waals surface area contributed by atoms with Gasteiger partial charge in [-0.1, -0.05) is 12.1 Å². The van der Waals surface area contributed by atoms with Gasteiger partial charge in [-0.25, -0.2) is 12.4 Å². The lowest BCUT2D eigenvalue weighted by atomic mass is 10.1. The molecular weight excluding hydrogens is 604 g/mol. The van der Waals surface area contributed by atoms with Crippen LogP contribution in [0, 0.1) is 0 Å². The van der Waals surface area contributed by atoms with Crippen molar-refractivity contribution in [3.63, 3.8) is 0 Å². The zero-order valence-electron chi connectivity index (χ0n) is 21.1. The molecule has 0 saturated carbocycles. The minimum Gasteiger partial charge on any atom is -0.494 e. The lowest BCUT2D eigenvalue weighted by molar-refractivity contribution is -0.275. The summed E-state index contributed by atoms with van der Waals surface area (Å²) in [7, 11) is -1.49. The van der Waals surface area contributed by atoms with Crippen LogP contribution < -0.4 is 24.8 Å². The Kier molecular flexibility index (Phi) is 9.25. The summed E-state index contributed by atoms with van der Waals surface area (Å²) in [4.78, 5) is -0.442. The molecule has 0 aliphatic heterocycles. The Balaban J connectivity index is 0.00000462. The molecule has 0 atom stereocenters. The SMILES string of the molecule is CNCc1cn(S(=O)(=O)c2cccc(OC(F)(F)F)c2)c2cc(Nc3ccc(OC(F)(F)F)cc3OC)ccc12.Cl. The minimum absolute atomic E-state index is 0. The van der Waals surface area contributed by atoms with Crippen molar-refractivity contribution >= 4 is 44.7 Å². The summed E-state index contributed by atoms with van der Waals surface area (Å²) in [5.41, 5.74) is 1.37. The number of anilines is 2. The van der Waals surface area contributed by atoms with E-state index in [0.29, 0.717) is 16.6 Å². The summed E-state index contributed by atoms with van der Waals surface area (Å²) in [5, 5.41) is 6.43. The zero-order chi connectivity index (χ0) is 29.3. The number of halogens is 7. The lowest BCUT2D eigenvalue weighted by Crippen LogP contribution is -2.18. The Morgan fingerprint density at radius 1 is 0.878 bits per heavy atom. The Hall–Kier alpha value is -3.82. The minimum atomic E-state index is -5.01. The molecule has 0 amide bonds. The molecule has 1 heterocycles. The largest absolute Gasteiger partial charge is 0.573 e. The van der Waals surface area contributed by atoms with Gasteiger partial charge in [0.1, 0.15) is 17.2 Å². The van der Waals surface area contributed by atoms with Crippen molar-refractivity contribution in [1.82, 2.24) is 9.29 Å². The summed E-state index contributed by atoms with van der Waals surface area (Å²) in [6, 6.07) is 12.1. The standard InChI is InChI=1S/C25H21F6N3O5S.ClH/c1-32-13-15-14-34(40(35,36)19-5-3-4-17(11-19)38-24(26,27)28)22-10-16(6-8-20(15)22)33-21-9-7-18(12-23(21)37-2)39-25(29,30)31;/h3-12,14,32-33H,13H2,1-2H3;1H. The van der Waals surface area contributed by atoms with Gasteiger partial charge in [0.15, 0.2) is 0 Å². The van der Waals surface area contributed by atoms with Crippen LogP contribution in [0.4, 0.5) is 37.7 Å². The fourth-order valence-corrected chi connectivity index (χ4v) is 5.37. The molecule has 16 heteroatoms. The highest BCUT2D eigenvalue weighted by molar-refractivity contribution is 7.90. The molecule has 4 rings (SSSR count). The van der Waals surface area contributed by atoms with Crippen LogP contribution in [0.5, 0.6) is 17.2 Å². The maximum absolute atomic E-state index is 13.6. The van der Waals surface area contributed by atoms with E-state index >= 15 is 0 Å². The quantitative estimate of drug-likeness (QED) is 0.203. The third-order valence-electron chi connectivity index (χ3n) is 5.50. The van der Waals surface area contributed by atoms with Crippen molar-refractivity contribution in [1.29, 1.82) is 0 Å². The van der Waals surface area contributed by atoms with Gasteiger partial charge in [0, 0.05) is 35.9 Å². The predicted molar refractivity (Wildman–Crippen MR) is 141 cm³/mol. The van der Waals surface area contributed by atoms with Crippen molar-refractivity contribution in [3.05, 3.63) is 72.4 Å². The molecule has 41 heavy (non-hydrogen) atoms. The third kappa shape index (κ3) is 7.48. The second kappa shape index (κ2) is 12.0. The maximum Gasteiger partial charge on any atom is 0.573 e. The highest BCUT2D eigenvalue weighted by atomic mass is 35.5. The number of nitrogens with one attached hydrogen (secondary N) is 2. The summed E-state index contributed by atoms with van der Waals surface area (Å²) in [6.45, 7) is 0.275. The molecule has 0 fully saturated rings. The second-order valence-electron chi connectivity index (χ2n) is 8.28. The molecule has 0 unspecified atom stereocenters. The molecule has 8 nitrogen and oxygen atoms in total. The van der Waals surface area contributed by atoms with E-state index in [-0.39, 0.29) is 35.9 Å². The summed E-state index contributed by atoms with van der Waals surface area (Å²) in [5.74, 6) is -1.19. The number of hydrogen-bond acceptors (Lipinski definition) is 7. The van der Waals surface area contributed by atoms with Crippen LogP contribution in [0.15, 0.2) is 71.8 Å². The van der Waals surface area contributed by atoms with Crippen LogP contribution in [-0.2, 0) is 16.6 Å². The normalized spacial score (nSPS) is 12.1. The van der Waals surface area contributed by atoms with Crippen LogP contribution in [0.1, 0.15) is 5.56 Å². The van der Waals surface area contributed by atoms with Crippen LogP contribution in [0.3, 0.4) is 0 Å². The van der Waals surface area contributed by atoms with E-state index in [1.54, 1.807) is 19.2 Å². The van der Waals surface area contributed by atoms with Crippen molar-refractivity contribution in [2.45, 2.75) is 24.2 Å². The predicted octanol–water partition coefficient (Wildman–Crippen LogP) is 6.57. The number of benzene rings is 3. The van der Waals surface area contributed by atoms with Gasteiger partial charge in [-0.05, 0) is 49.0 Å². The molecule has 0 saturated heterocycles. The number of hydrogen-bond donors (Lipinski definition) is 2. The molecule has 3 aromatic carbocycles. The molecule has 4 aromatic rings. The molecule has 0 bridgehead atoms. The van der Waals surface area contributed by atoms with Crippen molar-refractivity contribution in [2.24, 2.45) is 0 Å². The van der Waals surface area contributed by atoms with Gasteiger partial charge in [0.2, 0.25) is 0 Å². The summed E-state index contributed by atoms with van der Waals surface area (Å²) in [6.07, 6.45) is -8.56. The molecule has 222 valence electrons. The first-order chi connectivity index (χ1) is 18.7. The Labute approximate surface area is 236 Å². The zero-order valence-corrected chi connectivity index (χ0v) is 22.8. The molecule has 2 N–H and O–H groups in total. The number of rotatable bonds is 9. The van der Waals surface area contributed by atoms with E-state index in [0.717, 1.165) is 40.4 Å². The average molecular weight is 626 g/mol. The van der Waals surface area contributed by atoms with E-state index in [1.807, 2.05) is 0 Å². The smallest absolute Gasteiger partial charge is 0.494 e. The van der Waals surface area contributed by atoms with E-state index in [4.69, 9.17) is 4.74 Å². The lowest BCUT2D eigenvalue weighted by Gasteiger charge is -2.15. The van der Waals surface area contributed by atoms with Gasteiger partial charge < -0.3 is 24.8 Å². The first-order valence-corrected chi connectivity index (χ1v) is 12.7. The molecule has 0 aliphatic carbocycles. The molecule has 0 radical (unpaired) electrons. The molecular formula is C25H22ClF6N3O5S. The van der Waals surface area contributed by atoms with Crippen LogP contribution >= 0.6 is 12.4 Å². The molecule has 1 aromatic heterocycles. The van der Waals surface area contributed by atoms with Crippen LogP contribution in [0.2, 0.25) is 0 Å². The number of alkyl halides is 6. The number of aromatic nitrogens is 1. The van der Waals surface area contributed by atoms with E-state index in [2.05, 4.69) is 20.1 Å². The van der Waals surface area contributed by atoms with Crippen LogP contribution in [0.25, 0.3) is 10.9 Å². The van der Waals surface area contributed by atoms with E-state index in [9.17, 15) is 34.8 Å². The van der Waals surface area contributed by atoms with Crippen LogP contribution in [-0.4, -0.2) is 39.3 Å². The monoisotopic (exact) mass is 625 g/mol. The maximum atomic E-state index is 13.6. The molecule has 0 spiro atoms. The van der Waals surface area contributed by atoms with Crippen molar-refractivity contribution in [2.75, 3.05) is 19.5 Å². The number of nitrogens with zero attached hydrogens (tertiary/aromatic N) is 1. The Morgan fingerprint density at radius 2 is 1.54 bits per heavy atom. The van der Waals surface area contributed by atoms with Crippen molar-refractivity contribution in [3.8, 4) is 17.2 Å². The van der Waals surface area contributed by atoms with Gasteiger partial charge in [-0.2, -0.15) is 0 Å². The Morgan fingerprint density at radius 3 is 2.15 bits per heavy atom. The first-order valence-electron chi connectivity index (χ1n) is 11.3. The van der Waals surface area contributed by atoms with Gasteiger partial charge in [0.25, 0.3) is 10.0 Å². The fourth-order valence-electron chi connectivity index (χ4n) is 3.95. The number of ether oxygens (including phenoxy) is 3. The second-order valence-corrected chi connectivity index (χ2v) is 10.1. The number of fused-ring (bicyclic) bond motifs is 1. The van der Waals surface area contributed by atoms with Gasteiger partial charge >= 0.3 is 12.7 Å².